The number of aromatic nitrogens is 3. The summed E-state index contributed by atoms with van der Waals surface area (Å²) in [6.45, 7) is 2.87. The molecule has 0 saturated heterocycles. The van der Waals surface area contributed by atoms with E-state index in [0.717, 1.165) is 19.6 Å². The molecule has 1 aliphatic heterocycles. The molecule has 11 heavy (non-hydrogen) atoms. The molecule has 0 atom stereocenters. The van der Waals surface area contributed by atoms with Crippen LogP contribution in [0.3, 0.4) is 0 Å². The van der Waals surface area contributed by atoms with E-state index in [2.05, 4.69) is 15.6 Å². The molecule has 2 heterocycles. The summed E-state index contributed by atoms with van der Waals surface area (Å²) in [4.78, 5) is 0. The molecule has 0 fully saturated rings. The van der Waals surface area contributed by atoms with Crippen molar-refractivity contribution in [3.05, 3.63) is 11.9 Å². The molecule has 6 heteroatoms. The predicted octanol–water partition coefficient (Wildman–Crippen LogP) is 0.225. The van der Waals surface area contributed by atoms with E-state index in [-0.39, 0.29) is 24.8 Å². The van der Waals surface area contributed by atoms with Crippen molar-refractivity contribution in [2.24, 2.45) is 0 Å². The normalized spacial score (nSPS) is 14.2. The van der Waals surface area contributed by atoms with Gasteiger partial charge in [-0.2, -0.15) is 0 Å². The molecule has 1 N–H and O–H groups in total. The van der Waals surface area contributed by atoms with Gasteiger partial charge in [0.25, 0.3) is 0 Å². The minimum absolute atomic E-state index is 0. The highest BCUT2D eigenvalue weighted by atomic mass is 35.5. The Morgan fingerprint density at radius 1 is 1.45 bits per heavy atom. The average Bonchev–Trinajstić information content (AvgIpc) is 2.33. The van der Waals surface area contributed by atoms with Crippen LogP contribution in [0.1, 0.15) is 5.69 Å². The van der Waals surface area contributed by atoms with Gasteiger partial charge in [-0.3, -0.25) is 0 Å². The Bertz CT molecular complexity index is 192. The van der Waals surface area contributed by atoms with Gasteiger partial charge in [0, 0.05) is 13.1 Å². The SMILES string of the molecule is Cl.Cl.c1nnn2c1CNCC2. The molecule has 0 radical (unpaired) electrons. The minimum Gasteiger partial charge on any atom is -0.309 e. The van der Waals surface area contributed by atoms with Crippen LogP contribution in [-0.4, -0.2) is 21.5 Å². The lowest BCUT2D eigenvalue weighted by Gasteiger charge is -2.12. The van der Waals surface area contributed by atoms with Crippen molar-refractivity contribution < 1.29 is 0 Å². The summed E-state index contributed by atoms with van der Waals surface area (Å²) in [5, 5.41) is 10.9. The number of nitrogens with one attached hydrogen (secondary N) is 1. The first-order valence-corrected chi connectivity index (χ1v) is 3.05. The molecule has 1 aromatic heterocycles. The Labute approximate surface area is 77.2 Å². The van der Waals surface area contributed by atoms with Gasteiger partial charge in [-0.05, 0) is 0 Å². The quantitative estimate of drug-likeness (QED) is 0.647. The summed E-state index contributed by atoms with van der Waals surface area (Å²) in [6, 6.07) is 0. The van der Waals surface area contributed by atoms with Crippen molar-refractivity contribution in [3.63, 3.8) is 0 Å². The Hall–Kier alpha value is -0.320. The Morgan fingerprint density at radius 3 is 3.00 bits per heavy atom. The van der Waals surface area contributed by atoms with Gasteiger partial charge < -0.3 is 5.32 Å². The summed E-state index contributed by atoms with van der Waals surface area (Å²) in [7, 11) is 0. The van der Waals surface area contributed by atoms with Crippen LogP contribution >= 0.6 is 24.8 Å². The predicted molar refractivity (Wildman–Crippen MR) is 46.2 cm³/mol. The summed E-state index contributed by atoms with van der Waals surface area (Å²) >= 11 is 0. The fraction of sp³-hybridized carbons (Fsp3) is 0.600. The van der Waals surface area contributed by atoms with Gasteiger partial charge in [0.15, 0.2) is 0 Å². The molecule has 1 aliphatic rings. The van der Waals surface area contributed by atoms with Gasteiger partial charge in [0.1, 0.15) is 0 Å². The topological polar surface area (TPSA) is 42.7 Å². The molecule has 0 aromatic carbocycles. The first kappa shape index (κ1) is 10.7. The maximum Gasteiger partial charge on any atom is 0.0738 e. The van der Waals surface area contributed by atoms with Crippen LogP contribution in [0.4, 0.5) is 0 Å². The van der Waals surface area contributed by atoms with E-state index in [1.165, 1.54) is 5.69 Å². The molecule has 0 spiro atoms. The monoisotopic (exact) mass is 196 g/mol. The zero-order valence-electron chi connectivity index (χ0n) is 5.86. The number of halogens is 2. The molecule has 0 bridgehead atoms. The second-order valence-electron chi connectivity index (χ2n) is 2.13. The van der Waals surface area contributed by atoms with Gasteiger partial charge in [0.2, 0.25) is 0 Å². The molecule has 1 aromatic rings. The molecule has 64 valence electrons. The van der Waals surface area contributed by atoms with Crippen molar-refractivity contribution in [1.29, 1.82) is 0 Å². The molecule has 0 amide bonds. The second-order valence-corrected chi connectivity index (χ2v) is 2.13. The lowest BCUT2D eigenvalue weighted by atomic mass is 10.4. The zero-order valence-corrected chi connectivity index (χ0v) is 7.49. The van der Waals surface area contributed by atoms with Gasteiger partial charge >= 0.3 is 0 Å². The molecular formula is C5H10Cl2N4. The number of hydrogen-bond donors (Lipinski definition) is 1. The fourth-order valence-corrected chi connectivity index (χ4v) is 1.01. The highest BCUT2D eigenvalue weighted by molar-refractivity contribution is 5.85. The smallest absolute Gasteiger partial charge is 0.0738 e. The highest BCUT2D eigenvalue weighted by Gasteiger charge is 2.06. The van der Waals surface area contributed by atoms with Crippen LogP contribution in [0.5, 0.6) is 0 Å². The van der Waals surface area contributed by atoms with Crippen LogP contribution in [0, 0.1) is 0 Å². The minimum atomic E-state index is 0. The number of hydrogen-bond acceptors (Lipinski definition) is 3. The summed E-state index contributed by atoms with van der Waals surface area (Å²) in [6.07, 6.45) is 1.80. The molecular weight excluding hydrogens is 187 g/mol. The Balaban J connectivity index is 0.000000500. The van der Waals surface area contributed by atoms with Crippen molar-refractivity contribution in [1.82, 2.24) is 20.3 Å². The molecule has 0 unspecified atom stereocenters. The molecule has 4 nitrogen and oxygen atoms in total. The van der Waals surface area contributed by atoms with Crippen molar-refractivity contribution >= 4 is 24.8 Å². The third-order valence-electron chi connectivity index (χ3n) is 1.50. The van der Waals surface area contributed by atoms with E-state index < -0.39 is 0 Å². The lowest BCUT2D eigenvalue weighted by Crippen LogP contribution is -2.28. The third kappa shape index (κ3) is 2.05. The number of rotatable bonds is 0. The Morgan fingerprint density at radius 2 is 2.27 bits per heavy atom. The maximum atomic E-state index is 3.88. The van der Waals surface area contributed by atoms with Crippen LogP contribution in [0.2, 0.25) is 0 Å². The third-order valence-corrected chi connectivity index (χ3v) is 1.50. The highest BCUT2D eigenvalue weighted by Crippen LogP contribution is 1.98. The number of nitrogens with zero attached hydrogens (tertiary/aromatic N) is 3. The lowest BCUT2D eigenvalue weighted by molar-refractivity contribution is 0.467. The first-order chi connectivity index (χ1) is 4.47. The van der Waals surface area contributed by atoms with Crippen molar-refractivity contribution in [2.75, 3.05) is 6.54 Å². The summed E-state index contributed by atoms with van der Waals surface area (Å²) in [5.74, 6) is 0. The zero-order chi connectivity index (χ0) is 6.10. The van der Waals surface area contributed by atoms with Crippen molar-refractivity contribution in [2.45, 2.75) is 13.1 Å². The van der Waals surface area contributed by atoms with Crippen LogP contribution in [0.15, 0.2) is 6.20 Å². The van der Waals surface area contributed by atoms with Crippen LogP contribution in [-0.2, 0) is 13.1 Å². The van der Waals surface area contributed by atoms with Gasteiger partial charge in [-0.1, -0.05) is 5.21 Å². The summed E-state index contributed by atoms with van der Waals surface area (Å²) in [5.41, 5.74) is 1.18. The van der Waals surface area contributed by atoms with Crippen LogP contribution < -0.4 is 5.32 Å². The van der Waals surface area contributed by atoms with E-state index in [9.17, 15) is 0 Å². The standard InChI is InChI=1S/C5H8N4.2ClH/c1-2-9-5(3-6-1)4-7-8-9;;/h4,6H,1-3H2;2*1H. The number of fused-ring (bicyclic) bond motifs is 1. The summed E-state index contributed by atoms with van der Waals surface area (Å²) < 4.78 is 1.93. The molecule has 0 aliphatic carbocycles. The van der Waals surface area contributed by atoms with E-state index in [4.69, 9.17) is 0 Å². The largest absolute Gasteiger partial charge is 0.309 e. The van der Waals surface area contributed by atoms with Gasteiger partial charge in [-0.15, -0.1) is 29.9 Å². The Kier molecular flexibility index (Phi) is 4.40. The van der Waals surface area contributed by atoms with Crippen molar-refractivity contribution in [3.8, 4) is 0 Å². The van der Waals surface area contributed by atoms with E-state index in [0.29, 0.717) is 0 Å². The van der Waals surface area contributed by atoms with E-state index >= 15 is 0 Å². The molecule has 2 rings (SSSR count). The van der Waals surface area contributed by atoms with Crippen LogP contribution in [0.25, 0.3) is 0 Å². The van der Waals surface area contributed by atoms with E-state index in [1.807, 2.05) is 4.68 Å². The van der Waals surface area contributed by atoms with E-state index in [1.54, 1.807) is 6.20 Å². The van der Waals surface area contributed by atoms with Gasteiger partial charge in [0.05, 0.1) is 18.4 Å². The second kappa shape index (κ2) is 4.54. The fourth-order valence-electron chi connectivity index (χ4n) is 1.01. The van der Waals surface area contributed by atoms with Gasteiger partial charge in [-0.25, -0.2) is 4.68 Å². The maximum absolute atomic E-state index is 3.88. The first-order valence-electron chi connectivity index (χ1n) is 3.05. The molecule has 0 saturated carbocycles. The average molecular weight is 197 g/mol.